The summed E-state index contributed by atoms with van der Waals surface area (Å²) in [6, 6.07) is 3.83. The number of benzene rings is 1. The predicted molar refractivity (Wildman–Crippen MR) is 74.3 cm³/mol. The van der Waals surface area contributed by atoms with Gasteiger partial charge in [-0.25, -0.2) is 12.8 Å². The first-order valence-electron chi connectivity index (χ1n) is 5.91. The van der Waals surface area contributed by atoms with Gasteiger partial charge in [-0.1, -0.05) is 6.07 Å². The van der Waals surface area contributed by atoms with Gasteiger partial charge in [0.15, 0.2) is 0 Å². The third-order valence-corrected chi connectivity index (χ3v) is 5.36. The fourth-order valence-corrected chi connectivity index (χ4v) is 3.97. The quantitative estimate of drug-likeness (QED) is 0.921. The van der Waals surface area contributed by atoms with E-state index in [1.165, 1.54) is 16.4 Å². The first-order valence-corrected chi connectivity index (χ1v) is 7.35. The van der Waals surface area contributed by atoms with Gasteiger partial charge in [0.05, 0.1) is 4.90 Å². The molecule has 0 radical (unpaired) electrons. The molecule has 0 saturated carbocycles. The fraction of sp³-hybridized carbons (Fsp3) is 0.500. The van der Waals surface area contributed by atoms with Crippen molar-refractivity contribution in [2.24, 2.45) is 11.7 Å². The van der Waals surface area contributed by atoms with E-state index in [9.17, 15) is 12.8 Å². The van der Waals surface area contributed by atoms with Gasteiger partial charge in [-0.15, -0.1) is 12.4 Å². The highest BCUT2D eigenvalue weighted by atomic mass is 35.5. The van der Waals surface area contributed by atoms with E-state index < -0.39 is 15.8 Å². The van der Waals surface area contributed by atoms with E-state index in [1.54, 1.807) is 6.92 Å². The minimum Gasteiger partial charge on any atom is -0.330 e. The van der Waals surface area contributed by atoms with Gasteiger partial charge in [0.25, 0.3) is 0 Å². The molecule has 0 amide bonds. The van der Waals surface area contributed by atoms with E-state index in [-0.39, 0.29) is 23.2 Å². The summed E-state index contributed by atoms with van der Waals surface area (Å²) in [6.07, 6.45) is 0.768. The lowest BCUT2D eigenvalue weighted by Gasteiger charge is -2.17. The van der Waals surface area contributed by atoms with Crippen LogP contribution in [0.3, 0.4) is 0 Å². The highest BCUT2D eigenvalue weighted by Gasteiger charge is 2.32. The number of aryl methyl sites for hydroxylation is 1. The molecule has 0 bridgehead atoms. The normalized spacial score (nSPS) is 20.3. The van der Waals surface area contributed by atoms with Gasteiger partial charge in [-0.3, -0.25) is 0 Å². The number of rotatable bonds is 3. The third-order valence-electron chi connectivity index (χ3n) is 3.35. The van der Waals surface area contributed by atoms with Crippen molar-refractivity contribution in [3.8, 4) is 0 Å². The molecule has 1 unspecified atom stereocenters. The van der Waals surface area contributed by atoms with Crippen LogP contribution in [0.25, 0.3) is 0 Å². The van der Waals surface area contributed by atoms with E-state index >= 15 is 0 Å². The van der Waals surface area contributed by atoms with Crippen LogP contribution in [0.2, 0.25) is 0 Å². The number of hydrogen-bond donors (Lipinski definition) is 1. The van der Waals surface area contributed by atoms with Crippen molar-refractivity contribution in [1.82, 2.24) is 4.31 Å². The maximum Gasteiger partial charge on any atom is 0.243 e. The lowest BCUT2D eigenvalue weighted by molar-refractivity contribution is 0.458. The van der Waals surface area contributed by atoms with Crippen molar-refractivity contribution in [3.05, 3.63) is 29.6 Å². The molecular weight excluding hydrogens is 291 g/mol. The molecular formula is C12H18ClFN2O2S. The Morgan fingerprint density at radius 2 is 2.16 bits per heavy atom. The standard InChI is InChI=1S/C12H17FN2O2S.ClH/c1-9-2-3-11(13)6-12(9)18(16,17)15-5-4-10(7-14)8-15;/h2-3,6,10H,4-5,7-8,14H2,1H3;1H. The zero-order chi connectivity index (χ0) is 13.3. The topological polar surface area (TPSA) is 63.4 Å². The monoisotopic (exact) mass is 308 g/mol. The van der Waals surface area contributed by atoms with Gasteiger partial charge in [-0.2, -0.15) is 4.31 Å². The summed E-state index contributed by atoms with van der Waals surface area (Å²) < 4.78 is 39.4. The zero-order valence-corrected chi connectivity index (χ0v) is 12.3. The lowest BCUT2D eigenvalue weighted by Crippen LogP contribution is -2.30. The summed E-state index contributed by atoms with van der Waals surface area (Å²) in [5, 5.41) is 0. The second-order valence-corrected chi connectivity index (χ2v) is 6.57. The van der Waals surface area contributed by atoms with E-state index in [2.05, 4.69) is 0 Å². The van der Waals surface area contributed by atoms with Crippen LogP contribution in [0.5, 0.6) is 0 Å². The molecule has 2 N–H and O–H groups in total. The number of hydrogen-bond acceptors (Lipinski definition) is 3. The average molecular weight is 309 g/mol. The van der Waals surface area contributed by atoms with Crippen LogP contribution < -0.4 is 5.73 Å². The molecule has 0 aromatic heterocycles. The van der Waals surface area contributed by atoms with Crippen molar-refractivity contribution in [2.45, 2.75) is 18.2 Å². The Balaban J connectivity index is 0.00000180. The summed E-state index contributed by atoms with van der Waals surface area (Å²) in [6.45, 7) is 3.03. The smallest absolute Gasteiger partial charge is 0.243 e. The zero-order valence-electron chi connectivity index (χ0n) is 10.7. The van der Waals surface area contributed by atoms with Gasteiger partial charge in [-0.05, 0) is 43.5 Å². The summed E-state index contributed by atoms with van der Waals surface area (Å²) in [5.74, 6) is -0.331. The SMILES string of the molecule is Cc1ccc(F)cc1S(=O)(=O)N1CCC(CN)C1.Cl. The maximum absolute atomic E-state index is 13.2. The molecule has 1 heterocycles. The van der Waals surface area contributed by atoms with Crippen molar-refractivity contribution < 1.29 is 12.8 Å². The summed E-state index contributed by atoms with van der Waals surface area (Å²) in [7, 11) is -3.60. The minimum atomic E-state index is -3.60. The van der Waals surface area contributed by atoms with Crippen LogP contribution in [0.15, 0.2) is 23.1 Å². The molecule has 1 fully saturated rings. The minimum absolute atomic E-state index is 0. The molecule has 2 rings (SSSR count). The van der Waals surface area contributed by atoms with Gasteiger partial charge in [0, 0.05) is 13.1 Å². The molecule has 1 aromatic rings. The van der Waals surface area contributed by atoms with E-state index in [1.807, 2.05) is 0 Å². The van der Waals surface area contributed by atoms with Gasteiger partial charge < -0.3 is 5.73 Å². The molecule has 1 aliphatic rings. The van der Waals surface area contributed by atoms with Crippen LogP contribution >= 0.6 is 12.4 Å². The summed E-state index contributed by atoms with van der Waals surface area (Å²) >= 11 is 0. The van der Waals surface area contributed by atoms with Crippen molar-refractivity contribution in [3.63, 3.8) is 0 Å². The molecule has 19 heavy (non-hydrogen) atoms. The highest BCUT2D eigenvalue weighted by Crippen LogP contribution is 2.26. The Labute approximate surface area is 119 Å². The molecule has 0 spiro atoms. The van der Waals surface area contributed by atoms with Crippen molar-refractivity contribution in [2.75, 3.05) is 19.6 Å². The number of nitrogens with zero attached hydrogens (tertiary/aromatic N) is 1. The van der Waals surface area contributed by atoms with Gasteiger partial charge in [0.1, 0.15) is 5.82 Å². The maximum atomic E-state index is 13.2. The van der Waals surface area contributed by atoms with Crippen LogP contribution in [0, 0.1) is 18.7 Å². The van der Waals surface area contributed by atoms with Gasteiger partial charge in [0.2, 0.25) is 10.0 Å². The fourth-order valence-electron chi connectivity index (χ4n) is 2.20. The Kier molecular flexibility index (Phi) is 5.32. The van der Waals surface area contributed by atoms with E-state index in [0.717, 1.165) is 12.5 Å². The predicted octanol–water partition coefficient (Wildman–Crippen LogP) is 1.53. The molecule has 0 aliphatic carbocycles. The van der Waals surface area contributed by atoms with Crippen LogP contribution in [0.4, 0.5) is 4.39 Å². The largest absolute Gasteiger partial charge is 0.330 e. The summed E-state index contributed by atoms with van der Waals surface area (Å²) in [4.78, 5) is 0.0557. The first kappa shape index (κ1) is 16.4. The third kappa shape index (κ3) is 3.25. The number of nitrogens with two attached hydrogens (primary N) is 1. The molecule has 108 valence electrons. The molecule has 1 aliphatic heterocycles. The van der Waals surface area contributed by atoms with Crippen LogP contribution in [0.1, 0.15) is 12.0 Å². The highest BCUT2D eigenvalue weighted by molar-refractivity contribution is 7.89. The molecule has 1 atom stereocenters. The van der Waals surface area contributed by atoms with E-state index in [4.69, 9.17) is 5.73 Å². The second-order valence-electron chi connectivity index (χ2n) is 4.66. The number of halogens is 2. The van der Waals surface area contributed by atoms with Gasteiger partial charge >= 0.3 is 0 Å². The number of sulfonamides is 1. The van der Waals surface area contributed by atoms with E-state index in [0.29, 0.717) is 25.2 Å². The first-order chi connectivity index (χ1) is 8.45. The second kappa shape index (κ2) is 6.17. The Hall–Kier alpha value is -0.690. The Morgan fingerprint density at radius 3 is 2.74 bits per heavy atom. The summed E-state index contributed by atoms with van der Waals surface area (Å²) in [5.41, 5.74) is 6.11. The molecule has 4 nitrogen and oxygen atoms in total. The molecule has 7 heteroatoms. The van der Waals surface area contributed by atoms with Crippen LogP contribution in [-0.4, -0.2) is 32.4 Å². The van der Waals surface area contributed by atoms with Crippen molar-refractivity contribution in [1.29, 1.82) is 0 Å². The van der Waals surface area contributed by atoms with Crippen molar-refractivity contribution >= 4 is 22.4 Å². The Morgan fingerprint density at radius 1 is 1.47 bits per heavy atom. The molecule has 1 aromatic carbocycles. The molecule has 1 saturated heterocycles. The lowest BCUT2D eigenvalue weighted by atomic mass is 10.1. The van der Waals surface area contributed by atoms with Crippen LogP contribution in [-0.2, 0) is 10.0 Å². The Bertz CT molecular complexity index is 551. The average Bonchev–Trinajstić information content (AvgIpc) is 2.81.